The van der Waals surface area contributed by atoms with E-state index in [4.69, 9.17) is 5.73 Å². The van der Waals surface area contributed by atoms with E-state index in [1.54, 1.807) is 6.33 Å². The maximum Gasteiger partial charge on any atom is 0.224 e. The first-order valence-electron chi connectivity index (χ1n) is 6.03. The number of nitrogen functional groups attached to an aromatic ring is 1. The minimum atomic E-state index is 0.293. The third-order valence-corrected chi connectivity index (χ3v) is 3.40. The van der Waals surface area contributed by atoms with E-state index in [9.17, 15) is 0 Å². The fourth-order valence-corrected chi connectivity index (χ4v) is 2.58. The van der Waals surface area contributed by atoms with Crippen molar-refractivity contribution in [3.63, 3.8) is 0 Å². The second-order valence-electron chi connectivity index (χ2n) is 4.40. The Kier molecular flexibility index (Phi) is 2.35. The minimum absolute atomic E-state index is 0.293. The summed E-state index contributed by atoms with van der Waals surface area (Å²) >= 11 is 0. The predicted octanol–water partition coefficient (Wildman–Crippen LogP) is 1.31. The summed E-state index contributed by atoms with van der Waals surface area (Å²) in [5.41, 5.74) is 7.27. The van der Waals surface area contributed by atoms with E-state index in [0.29, 0.717) is 17.6 Å². The number of nitrogens with two attached hydrogens (primary N) is 1. The van der Waals surface area contributed by atoms with Gasteiger partial charge in [-0.05, 0) is 19.3 Å². The van der Waals surface area contributed by atoms with Crippen molar-refractivity contribution in [3.05, 3.63) is 6.33 Å². The van der Waals surface area contributed by atoms with Gasteiger partial charge in [0, 0.05) is 12.6 Å². The Balaban J connectivity index is 2.12. The molecule has 0 bridgehead atoms. The maximum atomic E-state index is 5.74. The highest BCUT2D eigenvalue weighted by atomic mass is 15.3. The van der Waals surface area contributed by atoms with Crippen LogP contribution in [0.2, 0.25) is 0 Å². The Morgan fingerprint density at radius 3 is 3.24 bits per heavy atom. The zero-order valence-electron chi connectivity index (χ0n) is 9.85. The van der Waals surface area contributed by atoms with Gasteiger partial charge in [-0.1, -0.05) is 6.92 Å². The number of nitrogens with one attached hydrogen (secondary N) is 1. The summed E-state index contributed by atoms with van der Waals surface area (Å²) in [5.74, 6) is 1.19. The molecule has 0 amide bonds. The fourth-order valence-electron chi connectivity index (χ4n) is 2.58. The fraction of sp³-hybridized carbons (Fsp3) is 0.545. The Hall–Kier alpha value is -1.85. The van der Waals surface area contributed by atoms with E-state index in [2.05, 4.69) is 31.8 Å². The van der Waals surface area contributed by atoms with Crippen molar-refractivity contribution >= 4 is 22.9 Å². The van der Waals surface area contributed by atoms with Crippen molar-refractivity contribution in [2.75, 3.05) is 17.2 Å². The van der Waals surface area contributed by atoms with Crippen LogP contribution in [0.15, 0.2) is 6.33 Å². The molecule has 0 aliphatic carbocycles. The van der Waals surface area contributed by atoms with Crippen LogP contribution in [0.3, 0.4) is 0 Å². The van der Waals surface area contributed by atoms with Crippen molar-refractivity contribution < 1.29 is 0 Å². The standard InChI is InChI=1S/C11H16N6/c1-2-7-4-3-5-17(7)10-8-9(14-6-13-8)15-11(12)16-10/h6-7H,2-5H2,1H3,(H3,12,13,14,15,16). The van der Waals surface area contributed by atoms with Gasteiger partial charge in [0.2, 0.25) is 5.95 Å². The van der Waals surface area contributed by atoms with Crippen LogP contribution in [-0.2, 0) is 0 Å². The summed E-state index contributed by atoms with van der Waals surface area (Å²) in [7, 11) is 0. The number of hydrogen-bond donors (Lipinski definition) is 2. The molecule has 0 radical (unpaired) electrons. The molecule has 17 heavy (non-hydrogen) atoms. The van der Waals surface area contributed by atoms with Crippen LogP contribution < -0.4 is 10.6 Å². The monoisotopic (exact) mass is 232 g/mol. The summed E-state index contributed by atoms with van der Waals surface area (Å²) < 4.78 is 0. The molecule has 1 saturated heterocycles. The molecule has 0 aromatic carbocycles. The lowest BCUT2D eigenvalue weighted by Gasteiger charge is -2.24. The van der Waals surface area contributed by atoms with Crippen molar-refractivity contribution in [2.45, 2.75) is 32.2 Å². The van der Waals surface area contributed by atoms with Crippen LogP contribution in [0.4, 0.5) is 11.8 Å². The number of H-pyrrole nitrogens is 1. The van der Waals surface area contributed by atoms with Crippen LogP contribution in [-0.4, -0.2) is 32.5 Å². The molecule has 1 aliphatic rings. The van der Waals surface area contributed by atoms with Crippen LogP contribution >= 0.6 is 0 Å². The van der Waals surface area contributed by atoms with E-state index in [-0.39, 0.29) is 0 Å². The quantitative estimate of drug-likeness (QED) is 0.815. The number of imidazole rings is 1. The van der Waals surface area contributed by atoms with Gasteiger partial charge in [0.25, 0.3) is 0 Å². The Bertz CT molecular complexity index is 534. The Labute approximate surface area is 99.3 Å². The molecule has 6 nitrogen and oxygen atoms in total. The van der Waals surface area contributed by atoms with Gasteiger partial charge in [0.15, 0.2) is 11.5 Å². The van der Waals surface area contributed by atoms with E-state index in [1.165, 1.54) is 12.8 Å². The lowest BCUT2D eigenvalue weighted by Crippen LogP contribution is -2.29. The zero-order chi connectivity index (χ0) is 11.8. The minimum Gasteiger partial charge on any atom is -0.368 e. The van der Waals surface area contributed by atoms with E-state index in [0.717, 1.165) is 24.3 Å². The lowest BCUT2D eigenvalue weighted by atomic mass is 10.2. The summed E-state index contributed by atoms with van der Waals surface area (Å²) in [6.07, 6.45) is 5.19. The molecule has 2 aromatic rings. The molecular weight excluding hydrogens is 216 g/mol. The van der Waals surface area contributed by atoms with Crippen LogP contribution in [0.1, 0.15) is 26.2 Å². The second-order valence-corrected chi connectivity index (χ2v) is 4.40. The molecule has 3 rings (SSSR count). The zero-order valence-corrected chi connectivity index (χ0v) is 9.85. The van der Waals surface area contributed by atoms with Gasteiger partial charge in [-0.25, -0.2) is 4.98 Å². The van der Waals surface area contributed by atoms with E-state index >= 15 is 0 Å². The highest BCUT2D eigenvalue weighted by molar-refractivity contribution is 5.84. The number of anilines is 2. The number of nitrogens with zero attached hydrogens (tertiary/aromatic N) is 4. The van der Waals surface area contributed by atoms with Gasteiger partial charge in [0.05, 0.1) is 6.33 Å². The largest absolute Gasteiger partial charge is 0.368 e. The molecule has 2 aromatic heterocycles. The van der Waals surface area contributed by atoms with E-state index < -0.39 is 0 Å². The first-order valence-corrected chi connectivity index (χ1v) is 6.03. The molecule has 90 valence electrons. The molecule has 3 heterocycles. The smallest absolute Gasteiger partial charge is 0.224 e. The molecule has 6 heteroatoms. The topological polar surface area (TPSA) is 83.7 Å². The first-order chi connectivity index (χ1) is 8.29. The Morgan fingerprint density at radius 2 is 2.41 bits per heavy atom. The molecule has 1 fully saturated rings. The van der Waals surface area contributed by atoms with Crippen LogP contribution in [0.5, 0.6) is 0 Å². The van der Waals surface area contributed by atoms with Crippen molar-refractivity contribution in [2.24, 2.45) is 0 Å². The van der Waals surface area contributed by atoms with Gasteiger partial charge < -0.3 is 15.6 Å². The highest BCUT2D eigenvalue weighted by Gasteiger charge is 2.26. The Morgan fingerprint density at radius 1 is 1.53 bits per heavy atom. The van der Waals surface area contributed by atoms with Crippen molar-refractivity contribution in [1.29, 1.82) is 0 Å². The molecule has 3 N–H and O–H groups in total. The maximum absolute atomic E-state index is 5.74. The number of aromatic amines is 1. The van der Waals surface area contributed by atoms with Gasteiger partial charge in [-0.15, -0.1) is 0 Å². The summed E-state index contributed by atoms with van der Waals surface area (Å²) in [4.78, 5) is 18.1. The summed E-state index contributed by atoms with van der Waals surface area (Å²) in [6.45, 7) is 3.24. The molecular formula is C11H16N6. The SMILES string of the molecule is CCC1CCCN1c1nc(N)nc2nc[nH]c12. The first kappa shape index (κ1) is 10.3. The highest BCUT2D eigenvalue weighted by Crippen LogP contribution is 2.30. The third kappa shape index (κ3) is 1.60. The second kappa shape index (κ2) is 3.87. The molecule has 1 unspecified atom stereocenters. The lowest BCUT2D eigenvalue weighted by molar-refractivity contribution is 0.642. The molecule has 0 saturated carbocycles. The molecule has 0 spiro atoms. The van der Waals surface area contributed by atoms with Gasteiger partial charge in [0.1, 0.15) is 5.52 Å². The number of fused-ring (bicyclic) bond motifs is 1. The van der Waals surface area contributed by atoms with Gasteiger partial charge >= 0.3 is 0 Å². The van der Waals surface area contributed by atoms with E-state index in [1.807, 2.05) is 0 Å². The average molecular weight is 232 g/mol. The van der Waals surface area contributed by atoms with Crippen molar-refractivity contribution in [3.8, 4) is 0 Å². The van der Waals surface area contributed by atoms with Crippen LogP contribution in [0.25, 0.3) is 11.2 Å². The number of rotatable bonds is 2. The normalized spacial score (nSPS) is 20.3. The predicted molar refractivity (Wildman–Crippen MR) is 66.8 cm³/mol. The van der Waals surface area contributed by atoms with Gasteiger partial charge in [-0.2, -0.15) is 9.97 Å². The average Bonchev–Trinajstić information content (AvgIpc) is 2.95. The third-order valence-electron chi connectivity index (χ3n) is 3.40. The number of hydrogen-bond acceptors (Lipinski definition) is 5. The summed E-state index contributed by atoms with van der Waals surface area (Å²) in [5, 5.41) is 0. The van der Waals surface area contributed by atoms with Crippen molar-refractivity contribution in [1.82, 2.24) is 19.9 Å². The van der Waals surface area contributed by atoms with Gasteiger partial charge in [-0.3, -0.25) is 0 Å². The summed E-state index contributed by atoms with van der Waals surface area (Å²) in [6, 6.07) is 0.552. The molecule has 1 aliphatic heterocycles. The number of aromatic nitrogens is 4. The van der Waals surface area contributed by atoms with Crippen LogP contribution in [0, 0.1) is 0 Å². The molecule has 1 atom stereocenters.